The van der Waals surface area contributed by atoms with E-state index in [0.29, 0.717) is 33.7 Å². The number of ether oxygens (including phenoxy) is 1. The minimum absolute atomic E-state index is 0.0310. The molecule has 1 atom stereocenters. The van der Waals surface area contributed by atoms with E-state index in [9.17, 15) is 19.1 Å². The molecule has 2 heterocycles. The van der Waals surface area contributed by atoms with Crippen molar-refractivity contribution in [2.75, 3.05) is 11.5 Å². The van der Waals surface area contributed by atoms with Crippen molar-refractivity contribution in [2.24, 2.45) is 0 Å². The number of carbonyl (C=O) groups is 2. The van der Waals surface area contributed by atoms with Gasteiger partial charge in [-0.15, -0.1) is 0 Å². The lowest BCUT2D eigenvalue weighted by molar-refractivity contribution is -0.132. The van der Waals surface area contributed by atoms with Crippen LogP contribution in [0.4, 0.5) is 9.52 Å². The number of hydrogen-bond donors (Lipinski definition) is 1. The predicted octanol–water partition coefficient (Wildman–Crippen LogP) is 6.16. The maximum Gasteiger partial charge on any atom is 0.301 e. The van der Waals surface area contributed by atoms with Gasteiger partial charge >= 0.3 is 5.91 Å². The lowest BCUT2D eigenvalue weighted by Gasteiger charge is -2.23. The Hall–Kier alpha value is -4.04. The van der Waals surface area contributed by atoms with Gasteiger partial charge in [-0.05, 0) is 61.4 Å². The zero-order valence-corrected chi connectivity index (χ0v) is 20.5. The highest BCUT2D eigenvalue weighted by Gasteiger charge is 2.48. The van der Waals surface area contributed by atoms with Crippen LogP contribution >= 0.6 is 11.3 Å². The van der Waals surface area contributed by atoms with Crippen molar-refractivity contribution < 1.29 is 23.8 Å². The molecule has 1 N–H and O–H groups in total. The first-order chi connectivity index (χ1) is 17.4. The fourth-order valence-electron chi connectivity index (χ4n) is 4.17. The van der Waals surface area contributed by atoms with E-state index in [1.807, 2.05) is 38.1 Å². The molecule has 1 aliphatic heterocycles. The molecule has 5 rings (SSSR count). The number of fused-ring (bicyclic) bond motifs is 1. The summed E-state index contributed by atoms with van der Waals surface area (Å²) in [5.74, 6) is -1.66. The van der Waals surface area contributed by atoms with Crippen molar-refractivity contribution in [2.45, 2.75) is 26.3 Å². The Morgan fingerprint density at radius 3 is 2.50 bits per heavy atom. The molecule has 1 aliphatic rings. The number of amides is 1. The molecule has 1 fully saturated rings. The average molecular weight is 503 g/mol. The third kappa shape index (κ3) is 4.24. The number of anilines is 1. The zero-order valence-electron chi connectivity index (χ0n) is 19.7. The molecular formula is C28H23FN2O4S. The maximum absolute atomic E-state index is 13.8. The molecule has 4 aromatic rings. The van der Waals surface area contributed by atoms with E-state index in [-0.39, 0.29) is 16.5 Å². The van der Waals surface area contributed by atoms with Gasteiger partial charge < -0.3 is 9.84 Å². The number of ketones is 1. The molecule has 0 aliphatic carbocycles. The average Bonchev–Trinajstić information content (AvgIpc) is 3.40. The van der Waals surface area contributed by atoms with Crippen LogP contribution in [-0.4, -0.2) is 28.4 Å². The molecule has 8 heteroatoms. The number of nitrogens with zero attached hydrogens (tertiary/aromatic N) is 2. The number of halogens is 1. The third-order valence-corrected chi connectivity index (χ3v) is 7.00. The van der Waals surface area contributed by atoms with E-state index in [0.717, 1.165) is 23.3 Å². The van der Waals surface area contributed by atoms with Crippen LogP contribution in [-0.2, 0) is 9.59 Å². The van der Waals surface area contributed by atoms with E-state index in [1.165, 1.54) is 23.1 Å². The Kier molecular flexibility index (Phi) is 6.28. The van der Waals surface area contributed by atoms with Crippen LogP contribution in [0.25, 0.3) is 16.0 Å². The van der Waals surface area contributed by atoms with Crippen LogP contribution in [0.2, 0.25) is 0 Å². The first kappa shape index (κ1) is 23.7. The second kappa shape index (κ2) is 9.54. The second-order valence-electron chi connectivity index (χ2n) is 8.56. The summed E-state index contributed by atoms with van der Waals surface area (Å²) in [5.41, 5.74) is 2.53. The lowest BCUT2D eigenvalue weighted by Crippen LogP contribution is -2.29. The van der Waals surface area contributed by atoms with Gasteiger partial charge in [0.2, 0.25) is 0 Å². The normalized spacial score (nSPS) is 17.2. The Labute approximate surface area is 211 Å². The van der Waals surface area contributed by atoms with Crippen molar-refractivity contribution >= 4 is 44.1 Å². The Morgan fingerprint density at radius 1 is 1.08 bits per heavy atom. The van der Waals surface area contributed by atoms with Gasteiger partial charge in [-0.1, -0.05) is 48.1 Å². The molecule has 1 amide bonds. The molecule has 1 saturated heterocycles. The molecule has 3 aromatic carbocycles. The minimum atomic E-state index is -0.896. The Bertz CT molecular complexity index is 1490. The van der Waals surface area contributed by atoms with Crippen LogP contribution in [0.1, 0.15) is 36.1 Å². The van der Waals surface area contributed by atoms with Crippen molar-refractivity contribution in [3.8, 4) is 5.75 Å². The molecule has 0 saturated carbocycles. The van der Waals surface area contributed by atoms with E-state index < -0.39 is 23.5 Å². The number of aliphatic hydroxyl groups excluding tert-OH is 1. The standard InChI is InChI=1S/C28H23FN2O4S/c1-3-14-35-20-11-8-18(9-12-20)25(32)23-24(17-6-4-16(2)5-7-17)31(27(34)26(23)33)28-30-21-13-10-19(29)15-22(21)36-28/h4-13,15,24,32H,3,14H2,1-2H3. The fraction of sp³-hybridized carbons (Fsp3) is 0.179. The number of thiazole rings is 1. The number of hydrogen-bond acceptors (Lipinski definition) is 6. The van der Waals surface area contributed by atoms with Crippen molar-refractivity contribution in [3.63, 3.8) is 0 Å². The number of rotatable bonds is 6. The van der Waals surface area contributed by atoms with Gasteiger partial charge in [-0.2, -0.15) is 0 Å². The molecule has 0 radical (unpaired) electrons. The number of Topliss-reactive ketones (excluding diaryl/α,β-unsaturated/α-hetero) is 1. The summed E-state index contributed by atoms with van der Waals surface area (Å²) in [4.78, 5) is 32.4. The first-order valence-corrected chi connectivity index (χ1v) is 12.4. The number of aliphatic hydroxyl groups is 1. The largest absolute Gasteiger partial charge is 0.507 e. The van der Waals surface area contributed by atoms with E-state index in [4.69, 9.17) is 4.74 Å². The summed E-state index contributed by atoms with van der Waals surface area (Å²) in [6, 6.07) is 17.4. The van der Waals surface area contributed by atoms with E-state index in [1.54, 1.807) is 24.3 Å². The van der Waals surface area contributed by atoms with Crippen molar-refractivity contribution in [3.05, 3.63) is 94.8 Å². The van der Waals surface area contributed by atoms with Crippen molar-refractivity contribution in [1.29, 1.82) is 0 Å². The highest BCUT2D eigenvalue weighted by molar-refractivity contribution is 7.22. The molecule has 1 aromatic heterocycles. The molecule has 0 bridgehead atoms. The SMILES string of the molecule is CCCOc1ccc(C(O)=C2C(=O)C(=O)N(c3nc4ccc(F)cc4s3)C2c2ccc(C)cc2)cc1. The third-order valence-electron chi connectivity index (χ3n) is 5.98. The fourth-order valence-corrected chi connectivity index (χ4v) is 5.18. The maximum atomic E-state index is 13.8. The van der Waals surface area contributed by atoms with E-state index >= 15 is 0 Å². The van der Waals surface area contributed by atoms with Crippen LogP contribution in [0.5, 0.6) is 5.75 Å². The van der Waals surface area contributed by atoms with Crippen molar-refractivity contribution in [1.82, 2.24) is 4.98 Å². The lowest BCUT2D eigenvalue weighted by atomic mass is 9.95. The second-order valence-corrected chi connectivity index (χ2v) is 9.57. The van der Waals surface area contributed by atoms with Gasteiger partial charge in [0.25, 0.3) is 5.78 Å². The quantitative estimate of drug-likeness (QED) is 0.194. The highest BCUT2D eigenvalue weighted by atomic mass is 32.1. The minimum Gasteiger partial charge on any atom is -0.507 e. The molecule has 1 unspecified atom stereocenters. The van der Waals surface area contributed by atoms with Gasteiger partial charge in [0.05, 0.1) is 28.4 Å². The number of aryl methyl sites for hydroxylation is 1. The number of aromatic nitrogens is 1. The Balaban J connectivity index is 1.65. The smallest absolute Gasteiger partial charge is 0.301 e. The number of carbonyl (C=O) groups excluding carboxylic acids is 2. The summed E-state index contributed by atoms with van der Waals surface area (Å²) in [7, 11) is 0. The topological polar surface area (TPSA) is 79.7 Å². The van der Waals surface area contributed by atoms with Crippen LogP contribution < -0.4 is 9.64 Å². The molecular weight excluding hydrogens is 479 g/mol. The first-order valence-electron chi connectivity index (χ1n) is 11.5. The highest BCUT2D eigenvalue weighted by Crippen LogP contribution is 2.44. The Morgan fingerprint density at radius 2 is 1.81 bits per heavy atom. The van der Waals surface area contributed by atoms with Gasteiger partial charge in [0, 0.05) is 5.56 Å². The summed E-state index contributed by atoms with van der Waals surface area (Å²) in [6.45, 7) is 4.51. The summed E-state index contributed by atoms with van der Waals surface area (Å²) < 4.78 is 19.9. The van der Waals surface area contributed by atoms with Crippen LogP contribution in [0.3, 0.4) is 0 Å². The summed E-state index contributed by atoms with van der Waals surface area (Å²) in [5, 5.41) is 11.5. The van der Waals surface area contributed by atoms with Gasteiger partial charge in [0.15, 0.2) is 5.13 Å². The molecule has 182 valence electrons. The molecule has 6 nitrogen and oxygen atoms in total. The number of benzene rings is 3. The predicted molar refractivity (Wildman–Crippen MR) is 138 cm³/mol. The zero-order chi connectivity index (χ0) is 25.4. The summed E-state index contributed by atoms with van der Waals surface area (Å²) in [6.07, 6.45) is 0.861. The molecule has 36 heavy (non-hydrogen) atoms. The van der Waals surface area contributed by atoms with Gasteiger partial charge in [0.1, 0.15) is 17.3 Å². The van der Waals surface area contributed by atoms with Gasteiger partial charge in [-0.25, -0.2) is 9.37 Å². The van der Waals surface area contributed by atoms with E-state index in [2.05, 4.69) is 4.98 Å². The summed E-state index contributed by atoms with van der Waals surface area (Å²) >= 11 is 1.12. The van der Waals surface area contributed by atoms with Crippen LogP contribution in [0.15, 0.2) is 72.3 Å². The van der Waals surface area contributed by atoms with Gasteiger partial charge in [-0.3, -0.25) is 14.5 Å². The van der Waals surface area contributed by atoms with Crippen LogP contribution in [0, 0.1) is 12.7 Å². The monoisotopic (exact) mass is 502 g/mol. The molecule has 0 spiro atoms.